The number of carbonyl (C=O) groups excluding carboxylic acids is 1. The number of β-amino-alcohol motifs (C(OH)–C–C–N with tert-alkyl or cyclic N) is 1. The second-order valence-corrected chi connectivity index (χ2v) is 6.48. The number of alkyl halides is 1. The molecule has 0 aromatic heterocycles. The van der Waals surface area contributed by atoms with Crippen molar-refractivity contribution in [1.82, 2.24) is 9.80 Å². The van der Waals surface area contributed by atoms with E-state index in [-0.39, 0.29) is 5.91 Å². The van der Waals surface area contributed by atoms with Crippen LogP contribution in [0.1, 0.15) is 29.8 Å². The minimum Gasteiger partial charge on any atom is -0.389 e. The second-order valence-electron chi connectivity index (χ2n) is 6.21. The van der Waals surface area contributed by atoms with E-state index in [1.807, 2.05) is 43.0 Å². The Hall–Kier alpha value is -1.10. The van der Waals surface area contributed by atoms with Crippen LogP contribution in [0.3, 0.4) is 0 Å². The van der Waals surface area contributed by atoms with E-state index in [4.69, 9.17) is 11.6 Å². The molecule has 0 radical (unpaired) electrons. The van der Waals surface area contributed by atoms with Crippen LogP contribution in [0, 0.1) is 0 Å². The van der Waals surface area contributed by atoms with Gasteiger partial charge in [0.15, 0.2) is 0 Å². The van der Waals surface area contributed by atoms with Gasteiger partial charge in [0.25, 0.3) is 5.91 Å². The van der Waals surface area contributed by atoms with Crippen LogP contribution in [0.5, 0.6) is 0 Å². The summed E-state index contributed by atoms with van der Waals surface area (Å²) in [4.78, 5) is 16.5. The molecule has 21 heavy (non-hydrogen) atoms. The van der Waals surface area contributed by atoms with Crippen LogP contribution in [0.2, 0.25) is 0 Å². The lowest BCUT2D eigenvalue weighted by molar-refractivity contribution is 0.0178. The third-order valence-electron chi connectivity index (χ3n) is 3.60. The first-order valence-corrected chi connectivity index (χ1v) is 7.81. The van der Waals surface area contributed by atoms with Crippen molar-refractivity contribution in [3.05, 3.63) is 35.4 Å². The quantitative estimate of drug-likeness (QED) is 0.865. The second kappa shape index (κ2) is 6.77. The molecule has 1 aliphatic heterocycles. The van der Waals surface area contributed by atoms with E-state index in [1.165, 1.54) is 0 Å². The predicted molar refractivity (Wildman–Crippen MR) is 84.6 cm³/mol. The van der Waals surface area contributed by atoms with Crippen molar-refractivity contribution in [2.75, 3.05) is 32.7 Å². The lowest BCUT2D eigenvalue weighted by Crippen LogP contribution is -2.52. The highest BCUT2D eigenvalue weighted by atomic mass is 35.5. The van der Waals surface area contributed by atoms with Gasteiger partial charge in [-0.1, -0.05) is 12.1 Å². The van der Waals surface area contributed by atoms with Gasteiger partial charge in [-0.05, 0) is 31.5 Å². The van der Waals surface area contributed by atoms with E-state index in [1.54, 1.807) is 0 Å². The Kier molecular flexibility index (Phi) is 5.25. The molecule has 5 heteroatoms. The average Bonchev–Trinajstić information content (AvgIpc) is 2.46. The highest BCUT2D eigenvalue weighted by molar-refractivity contribution is 6.17. The summed E-state index contributed by atoms with van der Waals surface area (Å²) in [7, 11) is 0. The van der Waals surface area contributed by atoms with Gasteiger partial charge in [0.05, 0.1) is 5.60 Å². The Morgan fingerprint density at radius 1 is 1.29 bits per heavy atom. The van der Waals surface area contributed by atoms with Crippen molar-refractivity contribution in [2.24, 2.45) is 0 Å². The van der Waals surface area contributed by atoms with Gasteiger partial charge in [0.2, 0.25) is 0 Å². The minimum atomic E-state index is -0.694. The molecule has 1 aromatic rings. The number of rotatable bonds is 4. The van der Waals surface area contributed by atoms with Gasteiger partial charge < -0.3 is 10.0 Å². The molecule has 1 heterocycles. The average molecular weight is 311 g/mol. The molecular weight excluding hydrogens is 288 g/mol. The minimum absolute atomic E-state index is 0.0601. The molecule has 1 saturated heterocycles. The van der Waals surface area contributed by atoms with Gasteiger partial charge in [-0.2, -0.15) is 0 Å². The first kappa shape index (κ1) is 16.3. The van der Waals surface area contributed by atoms with Gasteiger partial charge in [0, 0.05) is 44.2 Å². The summed E-state index contributed by atoms with van der Waals surface area (Å²) >= 11 is 5.81. The summed E-state index contributed by atoms with van der Waals surface area (Å²) < 4.78 is 0. The molecular formula is C16H23ClN2O2. The Labute approximate surface area is 131 Å². The number of hydrogen-bond donors (Lipinski definition) is 1. The van der Waals surface area contributed by atoms with Crippen LogP contribution in [-0.4, -0.2) is 59.1 Å². The maximum atomic E-state index is 12.5. The molecule has 1 N–H and O–H groups in total. The number of benzene rings is 1. The first-order chi connectivity index (χ1) is 9.89. The van der Waals surface area contributed by atoms with Gasteiger partial charge in [-0.15, -0.1) is 11.6 Å². The molecule has 0 aliphatic carbocycles. The molecule has 1 fully saturated rings. The van der Waals surface area contributed by atoms with Gasteiger partial charge in [-0.3, -0.25) is 9.69 Å². The molecule has 116 valence electrons. The Bertz CT molecular complexity index is 491. The van der Waals surface area contributed by atoms with Crippen LogP contribution in [-0.2, 0) is 5.88 Å². The van der Waals surface area contributed by atoms with E-state index in [9.17, 15) is 9.90 Å². The van der Waals surface area contributed by atoms with Gasteiger partial charge in [-0.25, -0.2) is 0 Å². The molecule has 0 unspecified atom stereocenters. The SMILES string of the molecule is CC(C)(O)CN1CCN(C(=O)c2cccc(CCl)c2)CC1. The molecule has 0 spiro atoms. The largest absolute Gasteiger partial charge is 0.389 e. The van der Waals surface area contributed by atoms with Crippen LogP contribution in [0.25, 0.3) is 0 Å². The van der Waals surface area contributed by atoms with Crippen molar-refractivity contribution >= 4 is 17.5 Å². The van der Waals surface area contributed by atoms with E-state index < -0.39 is 5.60 Å². The molecule has 2 rings (SSSR count). The molecule has 0 saturated carbocycles. The summed E-state index contributed by atoms with van der Waals surface area (Å²) in [6.07, 6.45) is 0. The number of amides is 1. The number of halogens is 1. The number of hydrogen-bond acceptors (Lipinski definition) is 3. The fourth-order valence-corrected chi connectivity index (χ4v) is 2.79. The van der Waals surface area contributed by atoms with Crippen molar-refractivity contribution < 1.29 is 9.90 Å². The van der Waals surface area contributed by atoms with Crippen LogP contribution >= 0.6 is 11.6 Å². The first-order valence-electron chi connectivity index (χ1n) is 7.28. The molecule has 4 nitrogen and oxygen atoms in total. The maximum Gasteiger partial charge on any atom is 0.253 e. The van der Waals surface area contributed by atoms with E-state index in [0.717, 1.165) is 18.7 Å². The summed E-state index contributed by atoms with van der Waals surface area (Å²) in [6, 6.07) is 7.49. The molecule has 1 aliphatic rings. The van der Waals surface area contributed by atoms with Gasteiger partial charge >= 0.3 is 0 Å². The van der Waals surface area contributed by atoms with Gasteiger partial charge in [0.1, 0.15) is 0 Å². The van der Waals surface area contributed by atoms with Crippen molar-refractivity contribution in [3.8, 4) is 0 Å². The van der Waals surface area contributed by atoms with Crippen molar-refractivity contribution in [1.29, 1.82) is 0 Å². The van der Waals surface area contributed by atoms with E-state index >= 15 is 0 Å². The fraction of sp³-hybridized carbons (Fsp3) is 0.562. The summed E-state index contributed by atoms with van der Waals surface area (Å²) in [5.41, 5.74) is 0.966. The molecule has 1 amide bonds. The fourth-order valence-electron chi connectivity index (χ4n) is 2.63. The zero-order valence-electron chi connectivity index (χ0n) is 12.7. The van der Waals surface area contributed by atoms with Crippen molar-refractivity contribution in [3.63, 3.8) is 0 Å². The van der Waals surface area contributed by atoms with E-state index in [2.05, 4.69) is 4.90 Å². The summed E-state index contributed by atoms with van der Waals surface area (Å²) in [6.45, 7) is 7.23. The van der Waals surface area contributed by atoms with E-state index in [0.29, 0.717) is 31.1 Å². The molecule has 1 aromatic carbocycles. The molecule has 0 bridgehead atoms. The lowest BCUT2D eigenvalue weighted by atomic mass is 10.1. The molecule has 0 atom stereocenters. The van der Waals surface area contributed by atoms with Crippen LogP contribution < -0.4 is 0 Å². The summed E-state index contributed by atoms with van der Waals surface area (Å²) in [5.74, 6) is 0.477. The summed E-state index contributed by atoms with van der Waals surface area (Å²) in [5, 5.41) is 9.85. The Balaban J connectivity index is 1.94. The maximum absolute atomic E-state index is 12.5. The highest BCUT2D eigenvalue weighted by Crippen LogP contribution is 2.13. The number of carbonyl (C=O) groups is 1. The van der Waals surface area contributed by atoms with Crippen molar-refractivity contribution in [2.45, 2.75) is 25.3 Å². The third-order valence-corrected chi connectivity index (χ3v) is 3.91. The Morgan fingerprint density at radius 3 is 2.52 bits per heavy atom. The van der Waals surface area contributed by atoms with Crippen LogP contribution in [0.4, 0.5) is 0 Å². The monoisotopic (exact) mass is 310 g/mol. The highest BCUT2D eigenvalue weighted by Gasteiger charge is 2.25. The van der Waals surface area contributed by atoms with Crippen LogP contribution in [0.15, 0.2) is 24.3 Å². The predicted octanol–water partition coefficient (Wildman–Crippen LogP) is 1.95. The normalized spacial score (nSPS) is 17.0. The third kappa shape index (κ3) is 4.70. The smallest absolute Gasteiger partial charge is 0.253 e. The standard InChI is InChI=1S/C16H23ClN2O2/c1-16(2,21)12-18-6-8-19(9-7-18)15(20)14-5-3-4-13(10-14)11-17/h3-5,10,21H,6-9,11-12H2,1-2H3. The number of piperazine rings is 1. The number of aliphatic hydroxyl groups is 1. The topological polar surface area (TPSA) is 43.8 Å². The zero-order valence-corrected chi connectivity index (χ0v) is 13.4. The zero-order chi connectivity index (χ0) is 15.5. The Morgan fingerprint density at radius 2 is 1.95 bits per heavy atom. The number of nitrogens with zero attached hydrogens (tertiary/aromatic N) is 2. The lowest BCUT2D eigenvalue weighted by Gasteiger charge is -2.37.